The van der Waals surface area contributed by atoms with E-state index in [9.17, 15) is 22.0 Å². The summed E-state index contributed by atoms with van der Waals surface area (Å²) in [7, 11) is -4.40. The number of nitrogens with zero attached hydrogens (tertiary/aromatic N) is 2. The van der Waals surface area contributed by atoms with E-state index in [2.05, 4.69) is 9.97 Å². The molecule has 180 valence electrons. The SMILES string of the molecule is Cc1c(C(=O)N2CCOc3ccc(-c4ccc5nc[nH]c5c4)cc3C2)ccc(S(=O)(=O)CF)c1F. The Morgan fingerprint density at radius 1 is 1.14 bits per heavy atom. The van der Waals surface area contributed by atoms with Crippen LogP contribution < -0.4 is 4.74 Å². The normalized spacial score (nSPS) is 13.9. The first-order chi connectivity index (χ1) is 16.8. The minimum atomic E-state index is -4.40. The topological polar surface area (TPSA) is 92.4 Å². The van der Waals surface area contributed by atoms with Crippen molar-refractivity contribution in [2.45, 2.75) is 18.4 Å². The first kappa shape index (κ1) is 23.0. The molecule has 5 rings (SSSR count). The van der Waals surface area contributed by atoms with Crippen LogP contribution in [0.25, 0.3) is 22.2 Å². The molecule has 35 heavy (non-hydrogen) atoms. The van der Waals surface area contributed by atoms with Gasteiger partial charge in [-0.25, -0.2) is 22.2 Å². The van der Waals surface area contributed by atoms with Crippen molar-refractivity contribution in [1.82, 2.24) is 14.9 Å². The third kappa shape index (κ3) is 4.14. The highest BCUT2D eigenvalue weighted by Gasteiger charge is 2.27. The summed E-state index contributed by atoms with van der Waals surface area (Å²) in [6.07, 6.45) is 1.63. The van der Waals surface area contributed by atoms with Crippen LogP contribution in [0.3, 0.4) is 0 Å². The Kier molecular flexibility index (Phi) is 5.76. The molecule has 7 nitrogen and oxygen atoms in total. The van der Waals surface area contributed by atoms with E-state index in [1.54, 1.807) is 6.33 Å². The van der Waals surface area contributed by atoms with Crippen LogP contribution in [0.2, 0.25) is 0 Å². The van der Waals surface area contributed by atoms with Gasteiger partial charge in [-0.1, -0.05) is 12.1 Å². The number of ether oxygens (including phenoxy) is 1. The van der Waals surface area contributed by atoms with Crippen molar-refractivity contribution in [1.29, 1.82) is 0 Å². The number of benzene rings is 3. The summed E-state index contributed by atoms with van der Waals surface area (Å²) in [5, 5.41) is 0. The highest BCUT2D eigenvalue weighted by atomic mass is 32.2. The van der Waals surface area contributed by atoms with Crippen molar-refractivity contribution < 1.29 is 26.7 Å². The zero-order valence-electron chi connectivity index (χ0n) is 18.7. The van der Waals surface area contributed by atoms with E-state index in [4.69, 9.17) is 4.74 Å². The lowest BCUT2D eigenvalue weighted by atomic mass is 10.0. The lowest BCUT2D eigenvalue weighted by Crippen LogP contribution is -2.33. The Balaban J connectivity index is 1.46. The van der Waals surface area contributed by atoms with Gasteiger partial charge in [0.15, 0.2) is 6.01 Å². The molecule has 0 spiro atoms. The summed E-state index contributed by atoms with van der Waals surface area (Å²) in [6.45, 7) is 2.04. The number of aromatic amines is 1. The molecule has 1 aliphatic rings. The fourth-order valence-electron chi connectivity index (χ4n) is 4.22. The maximum atomic E-state index is 14.8. The second-order valence-corrected chi connectivity index (χ2v) is 10.2. The Morgan fingerprint density at radius 3 is 2.71 bits per heavy atom. The van der Waals surface area contributed by atoms with Gasteiger partial charge in [0.2, 0.25) is 9.84 Å². The van der Waals surface area contributed by atoms with Crippen molar-refractivity contribution in [3.63, 3.8) is 0 Å². The van der Waals surface area contributed by atoms with Crippen LogP contribution >= 0.6 is 0 Å². The Morgan fingerprint density at radius 2 is 1.91 bits per heavy atom. The number of hydrogen-bond donors (Lipinski definition) is 1. The number of carbonyl (C=O) groups excluding carboxylic acids is 1. The Bertz CT molecular complexity index is 1570. The van der Waals surface area contributed by atoms with Crippen LogP contribution in [0.5, 0.6) is 5.75 Å². The van der Waals surface area contributed by atoms with E-state index >= 15 is 0 Å². The molecule has 0 bridgehead atoms. The average Bonchev–Trinajstić information content (AvgIpc) is 3.22. The number of carbonyl (C=O) groups is 1. The van der Waals surface area contributed by atoms with Gasteiger partial charge in [-0.05, 0) is 60.0 Å². The Hall–Kier alpha value is -3.79. The molecule has 1 aromatic heterocycles. The molecule has 0 saturated heterocycles. The minimum absolute atomic E-state index is 0.0182. The van der Waals surface area contributed by atoms with Gasteiger partial charge < -0.3 is 14.6 Å². The second kappa shape index (κ2) is 8.77. The molecule has 1 amide bonds. The number of nitrogens with one attached hydrogen (secondary N) is 1. The van der Waals surface area contributed by atoms with Crippen molar-refractivity contribution in [3.8, 4) is 16.9 Å². The molecule has 1 aliphatic heterocycles. The molecule has 2 heterocycles. The summed E-state index contributed by atoms with van der Waals surface area (Å²) >= 11 is 0. The lowest BCUT2D eigenvalue weighted by molar-refractivity contribution is 0.0731. The largest absolute Gasteiger partial charge is 0.491 e. The maximum absolute atomic E-state index is 14.8. The van der Waals surface area contributed by atoms with Gasteiger partial charge in [0, 0.05) is 17.7 Å². The number of fused-ring (bicyclic) bond motifs is 2. The number of rotatable bonds is 4. The molecule has 1 N–H and O–H groups in total. The molecule has 10 heteroatoms. The van der Waals surface area contributed by atoms with Gasteiger partial charge in [-0.2, -0.15) is 0 Å². The van der Waals surface area contributed by atoms with Gasteiger partial charge in [0.05, 0.1) is 23.9 Å². The zero-order chi connectivity index (χ0) is 24.7. The molecule has 0 saturated carbocycles. The average molecular weight is 498 g/mol. The summed E-state index contributed by atoms with van der Waals surface area (Å²) in [5.74, 6) is -0.929. The first-order valence-corrected chi connectivity index (χ1v) is 12.5. The number of imidazole rings is 1. The molecular weight excluding hydrogens is 476 g/mol. The van der Waals surface area contributed by atoms with Crippen LogP contribution in [-0.4, -0.2) is 48.4 Å². The number of amides is 1. The van der Waals surface area contributed by atoms with Crippen LogP contribution in [0.15, 0.2) is 59.8 Å². The smallest absolute Gasteiger partial charge is 0.254 e. The van der Waals surface area contributed by atoms with E-state index in [1.807, 2.05) is 36.4 Å². The van der Waals surface area contributed by atoms with E-state index in [0.29, 0.717) is 5.75 Å². The molecule has 0 radical (unpaired) electrons. The second-order valence-electron chi connectivity index (χ2n) is 8.31. The van der Waals surface area contributed by atoms with Crippen LogP contribution in [-0.2, 0) is 16.4 Å². The summed E-state index contributed by atoms with van der Waals surface area (Å²) < 4.78 is 57.1. The quantitative estimate of drug-likeness (QED) is 0.451. The predicted molar refractivity (Wildman–Crippen MR) is 126 cm³/mol. The van der Waals surface area contributed by atoms with Crippen LogP contribution in [0.1, 0.15) is 21.5 Å². The highest BCUT2D eigenvalue weighted by molar-refractivity contribution is 7.91. The van der Waals surface area contributed by atoms with Crippen LogP contribution in [0, 0.1) is 12.7 Å². The summed E-state index contributed by atoms with van der Waals surface area (Å²) in [6, 6.07) is 12.1. The number of aromatic nitrogens is 2. The molecule has 3 aromatic carbocycles. The van der Waals surface area contributed by atoms with Crippen molar-refractivity contribution in [2.75, 3.05) is 19.2 Å². The van der Waals surface area contributed by atoms with E-state index in [1.165, 1.54) is 17.9 Å². The zero-order valence-corrected chi connectivity index (χ0v) is 19.5. The number of alkyl halides is 1. The first-order valence-electron chi connectivity index (χ1n) is 10.8. The monoisotopic (exact) mass is 497 g/mol. The number of halogens is 2. The van der Waals surface area contributed by atoms with Crippen molar-refractivity contribution in [2.24, 2.45) is 0 Å². The summed E-state index contributed by atoms with van der Waals surface area (Å²) in [5.41, 5.74) is 4.32. The summed E-state index contributed by atoms with van der Waals surface area (Å²) in [4.78, 5) is 21.4. The van der Waals surface area contributed by atoms with Crippen molar-refractivity contribution >= 4 is 26.8 Å². The molecule has 0 fully saturated rings. The molecule has 0 aliphatic carbocycles. The van der Waals surface area contributed by atoms with Crippen molar-refractivity contribution in [3.05, 3.63) is 77.4 Å². The predicted octanol–water partition coefficient (Wildman–Crippen LogP) is 4.41. The van der Waals surface area contributed by atoms with E-state index in [-0.39, 0.29) is 30.8 Å². The van der Waals surface area contributed by atoms with Gasteiger partial charge in [-0.15, -0.1) is 0 Å². The van der Waals surface area contributed by atoms with Gasteiger partial charge in [0.1, 0.15) is 23.1 Å². The lowest BCUT2D eigenvalue weighted by Gasteiger charge is -2.21. The minimum Gasteiger partial charge on any atom is -0.491 e. The standard InChI is InChI=1S/C25H21F2N3O4S/c1-15-19(4-7-23(24(15)27)35(32,33)13-26)25(31)30-8-9-34-22-6-3-16(10-18(22)12-30)17-2-5-20-21(11-17)29-14-28-20/h2-7,10-11,14H,8-9,12-13H2,1H3,(H,28,29). The fraction of sp³-hybridized carbons (Fsp3) is 0.200. The third-order valence-electron chi connectivity index (χ3n) is 6.14. The highest BCUT2D eigenvalue weighted by Crippen LogP contribution is 2.31. The molecular formula is C25H21F2N3O4S. The fourth-order valence-corrected chi connectivity index (χ4v) is 5.04. The van der Waals surface area contributed by atoms with Gasteiger partial charge in [-0.3, -0.25) is 4.79 Å². The van der Waals surface area contributed by atoms with Gasteiger partial charge >= 0.3 is 0 Å². The van der Waals surface area contributed by atoms with E-state index < -0.39 is 32.5 Å². The molecule has 4 aromatic rings. The number of sulfone groups is 1. The molecule has 0 atom stereocenters. The van der Waals surface area contributed by atoms with E-state index in [0.717, 1.165) is 33.8 Å². The van der Waals surface area contributed by atoms with Gasteiger partial charge in [0.25, 0.3) is 5.91 Å². The Labute approximate surface area is 200 Å². The number of H-pyrrole nitrogens is 1. The third-order valence-corrected chi connectivity index (χ3v) is 7.41. The molecule has 0 unspecified atom stereocenters. The maximum Gasteiger partial charge on any atom is 0.254 e. The number of hydrogen-bond acceptors (Lipinski definition) is 5. The van der Waals surface area contributed by atoms with Crippen LogP contribution in [0.4, 0.5) is 8.78 Å².